The zero-order chi connectivity index (χ0) is 12.9. The van der Waals surface area contributed by atoms with Crippen molar-refractivity contribution in [3.05, 3.63) is 12.2 Å². The molecule has 1 atom stereocenters. The Hall–Kier alpha value is -1.32. The predicted octanol–water partition coefficient (Wildman–Crippen LogP) is 2.39. The summed E-state index contributed by atoms with van der Waals surface area (Å²) in [7, 11) is 0. The van der Waals surface area contributed by atoms with E-state index in [2.05, 4.69) is 0 Å². The highest BCUT2D eigenvalue weighted by Crippen LogP contribution is 2.19. The molecule has 96 valence electrons. The summed E-state index contributed by atoms with van der Waals surface area (Å²) in [6.45, 7) is 6.95. The summed E-state index contributed by atoms with van der Waals surface area (Å²) in [5, 5.41) is 0. The van der Waals surface area contributed by atoms with E-state index in [-0.39, 0.29) is 12.0 Å². The van der Waals surface area contributed by atoms with Crippen molar-refractivity contribution in [1.29, 1.82) is 0 Å². The van der Waals surface area contributed by atoms with Crippen molar-refractivity contribution < 1.29 is 14.3 Å². The monoisotopic (exact) mass is 239 g/mol. The molecule has 1 aliphatic heterocycles. The van der Waals surface area contributed by atoms with E-state index in [0.717, 1.165) is 25.7 Å². The van der Waals surface area contributed by atoms with Gasteiger partial charge in [-0.15, -0.1) is 0 Å². The molecule has 0 spiro atoms. The van der Waals surface area contributed by atoms with Crippen molar-refractivity contribution in [2.75, 3.05) is 13.1 Å². The minimum Gasteiger partial charge on any atom is -0.444 e. The number of rotatable bonds is 2. The molecular weight excluding hydrogens is 218 g/mol. The van der Waals surface area contributed by atoms with E-state index >= 15 is 0 Å². The van der Waals surface area contributed by atoms with E-state index < -0.39 is 5.60 Å². The van der Waals surface area contributed by atoms with E-state index in [1.54, 1.807) is 4.90 Å². The van der Waals surface area contributed by atoms with Crippen LogP contribution in [0.15, 0.2) is 12.2 Å². The number of amides is 1. The molecule has 1 aliphatic rings. The zero-order valence-corrected chi connectivity index (χ0v) is 10.8. The molecule has 0 aromatic carbocycles. The van der Waals surface area contributed by atoms with Crippen LogP contribution < -0.4 is 0 Å². The number of likely N-dealkylation sites (tertiary alicyclic amines) is 1. The third-order valence-electron chi connectivity index (χ3n) is 2.57. The maximum atomic E-state index is 11.8. The first kappa shape index (κ1) is 13.7. The average molecular weight is 239 g/mol. The van der Waals surface area contributed by atoms with Crippen LogP contribution >= 0.6 is 0 Å². The van der Waals surface area contributed by atoms with Gasteiger partial charge in [-0.05, 0) is 45.6 Å². The van der Waals surface area contributed by atoms with E-state index in [0.29, 0.717) is 6.54 Å². The second-order valence-electron chi connectivity index (χ2n) is 5.35. The molecule has 1 fully saturated rings. The molecule has 17 heavy (non-hydrogen) atoms. The van der Waals surface area contributed by atoms with Crippen LogP contribution in [0, 0.1) is 5.92 Å². The van der Waals surface area contributed by atoms with Crippen LogP contribution in [-0.4, -0.2) is 36.0 Å². The quantitative estimate of drug-likeness (QED) is 0.549. The Balaban J connectivity index is 2.51. The topological polar surface area (TPSA) is 46.6 Å². The first-order valence-corrected chi connectivity index (χ1v) is 6.02. The van der Waals surface area contributed by atoms with Gasteiger partial charge in [0.2, 0.25) is 0 Å². The van der Waals surface area contributed by atoms with Crippen LogP contribution in [0.4, 0.5) is 4.79 Å². The Labute approximate surface area is 103 Å². The van der Waals surface area contributed by atoms with Crippen molar-refractivity contribution >= 4 is 12.4 Å². The highest BCUT2D eigenvalue weighted by Gasteiger charge is 2.26. The lowest BCUT2D eigenvalue weighted by Gasteiger charge is -2.33. The Bertz CT molecular complexity index is 304. The van der Waals surface area contributed by atoms with E-state index in [4.69, 9.17) is 4.74 Å². The fourth-order valence-electron chi connectivity index (χ4n) is 1.86. The number of carbonyl (C=O) groups is 2. The van der Waals surface area contributed by atoms with Crippen LogP contribution in [0.25, 0.3) is 0 Å². The van der Waals surface area contributed by atoms with Gasteiger partial charge in [0.15, 0.2) is 0 Å². The summed E-state index contributed by atoms with van der Waals surface area (Å²) in [4.78, 5) is 23.8. The third-order valence-corrected chi connectivity index (χ3v) is 2.57. The van der Waals surface area contributed by atoms with Crippen molar-refractivity contribution in [1.82, 2.24) is 4.90 Å². The SMILES string of the molecule is CC(C)(C)OC(=O)N1CCCC(/C=C/C=O)C1. The minimum absolute atomic E-state index is 0.262. The Morgan fingerprint density at radius 3 is 2.71 bits per heavy atom. The molecule has 0 aliphatic carbocycles. The summed E-state index contributed by atoms with van der Waals surface area (Å²) in [6, 6.07) is 0. The summed E-state index contributed by atoms with van der Waals surface area (Å²) in [5.41, 5.74) is -0.456. The normalized spacial score (nSPS) is 21.6. The summed E-state index contributed by atoms with van der Waals surface area (Å²) in [5.74, 6) is 0.265. The number of aldehydes is 1. The number of hydrogen-bond acceptors (Lipinski definition) is 3. The van der Waals surface area contributed by atoms with Crippen molar-refractivity contribution in [2.45, 2.75) is 39.2 Å². The lowest BCUT2D eigenvalue weighted by Crippen LogP contribution is -2.42. The second-order valence-corrected chi connectivity index (χ2v) is 5.35. The Kier molecular flexibility index (Phi) is 4.73. The van der Waals surface area contributed by atoms with E-state index in [1.807, 2.05) is 26.8 Å². The van der Waals surface area contributed by atoms with Crippen LogP contribution in [0.5, 0.6) is 0 Å². The zero-order valence-electron chi connectivity index (χ0n) is 10.8. The van der Waals surface area contributed by atoms with Gasteiger partial charge in [-0.3, -0.25) is 4.79 Å². The van der Waals surface area contributed by atoms with Crippen molar-refractivity contribution in [2.24, 2.45) is 5.92 Å². The molecule has 1 saturated heterocycles. The number of nitrogens with zero attached hydrogens (tertiary/aromatic N) is 1. The largest absolute Gasteiger partial charge is 0.444 e. The molecule has 0 N–H and O–H groups in total. The van der Waals surface area contributed by atoms with Gasteiger partial charge in [-0.25, -0.2) is 4.79 Å². The van der Waals surface area contributed by atoms with E-state index in [1.165, 1.54) is 6.08 Å². The fourth-order valence-corrected chi connectivity index (χ4v) is 1.86. The first-order chi connectivity index (χ1) is 7.92. The molecule has 0 aromatic rings. The molecule has 0 aromatic heterocycles. The number of carbonyl (C=O) groups excluding carboxylic acids is 2. The molecule has 1 amide bonds. The van der Waals surface area contributed by atoms with Crippen molar-refractivity contribution in [3.8, 4) is 0 Å². The van der Waals surface area contributed by atoms with Crippen LogP contribution in [0.3, 0.4) is 0 Å². The fraction of sp³-hybridized carbons (Fsp3) is 0.692. The van der Waals surface area contributed by atoms with Crippen molar-refractivity contribution in [3.63, 3.8) is 0 Å². The smallest absolute Gasteiger partial charge is 0.410 e. The van der Waals surface area contributed by atoms with E-state index in [9.17, 15) is 9.59 Å². The summed E-state index contributed by atoms with van der Waals surface area (Å²) < 4.78 is 5.32. The van der Waals surface area contributed by atoms with Gasteiger partial charge < -0.3 is 9.64 Å². The summed E-state index contributed by atoms with van der Waals surface area (Å²) in [6.07, 6.45) is 5.84. The Morgan fingerprint density at radius 2 is 2.12 bits per heavy atom. The summed E-state index contributed by atoms with van der Waals surface area (Å²) >= 11 is 0. The average Bonchev–Trinajstić information content (AvgIpc) is 2.24. The number of allylic oxidation sites excluding steroid dienone is 1. The number of ether oxygens (including phenoxy) is 1. The Morgan fingerprint density at radius 1 is 1.41 bits per heavy atom. The lowest BCUT2D eigenvalue weighted by molar-refractivity contribution is -0.104. The second kappa shape index (κ2) is 5.84. The van der Waals surface area contributed by atoms with Gasteiger partial charge in [0.25, 0.3) is 0 Å². The van der Waals surface area contributed by atoms with Crippen LogP contribution in [0.1, 0.15) is 33.6 Å². The molecule has 0 radical (unpaired) electrons. The van der Waals surface area contributed by atoms with Gasteiger partial charge in [-0.2, -0.15) is 0 Å². The molecule has 4 heteroatoms. The molecular formula is C13H21NO3. The maximum absolute atomic E-state index is 11.8. The molecule has 1 unspecified atom stereocenters. The van der Waals surface area contributed by atoms with Gasteiger partial charge in [0.05, 0.1) is 0 Å². The standard InChI is InChI=1S/C13H21NO3/c1-13(2,3)17-12(16)14-8-4-6-11(10-14)7-5-9-15/h5,7,9,11H,4,6,8,10H2,1-3H3/b7-5+. The lowest BCUT2D eigenvalue weighted by atomic mass is 9.98. The van der Waals surface area contributed by atoms with Gasteiger partial charge in [0.1, 0.15) is 11.9 Å². The number of piperidine rings is 1. The highest BCUT2D eigenvalue weighted by atomic mass is 16.6. The van der Waals surface area contributed by atoms with Gasteiger partial charge in [-0.1, -0.05) is 6.08 Å². The maximum Gasteiger partial charge on any atom is 0.410 e. The molecule has 1 heterocycles. The molecule has 0 saturated carbocycles. The van der Waals surface area contributed by atoms with Gasteiger partial charge >= 0.3 is 6.09 Å². The highest BCUT2D eigenvalue weighted by molar-refractivity contribution is 5.68. The minimum atomic E-state index is -0.456. The van der Waals surface area contributed by atoms with Crippen LogP contribution in [-0.2, 0) is 9.53 Å². The first-order valence-electron chi connectivity index (χ1n) is 6.02. The number of hydrogen-bond donors (Lipinski definition) is 0. The molecule has 4 nitrogen and oxygen atoms in total. The molecule has 0 bridgehead atoms. The third kappa shape index (κ3) is 5.02. The molecule has 1 rings (SSSR count). The van der Waals surface area contributed by atoms with Gasteiger partial charge in [0, 0.05) is 13.1 Å². The van der Waals surface area contributed by atoms with Crippen LogP contribution in [0.2, 0.25) is 0 Å². The predicted molar refractivity (Wildman–Crippen MR) is 65.7 cm³/mol.